The molecule has 2 aromatic carbocycles. The van der Waals surface area contributed by atoms with Gasteiger partial charge >= 0.3 is 0 Å². The van der Waals surface area contributed by atoms with Gasteiger partial charge in [0, 0.05) is 22.6 Å². The minimum absolute atomic E-state index is 0.136. The number of carbonyl (C=O) groups is 1. The molecule has 0 bridgehead atoms. The van der Waals surface area contributed by atoms with Crippen LogP contribution in [0.15, 0.2) is 48.0 Å². The maximum atomic E-state index is 12.7. The van der Waals surface area contributed by atoms with Gasteiger partial charge in [-0.1, -0.05) is 30.3 Å². The zero-order valence-corrected chi connectivity index (χ0v) is 17.2. The fourth-order valence-corrected chi connectivity index (χ4v) is 4.40. The van der Waals surface area contributed by atoms with Gasteiger partial charge in [-0.3, -0.25) is 4.79 Å². The molecule has 1 atom stereocenters. The van der Waals surface area contributed by atoms with Crippen molar-refractivity contribution in [3.8, 4) is 0 Å². The van der Waals surface area contributed by atoms with Gasteiger partial charge in [0.1, 0.15) is 5.94 Å². The van der Waals surface area contributed by atoms with E-state index in [-0.39, 0.29) is 17.8 Å². The van der Waals surface area contributed by atoms with Crippen molar-refractivity contribution in [1.82, 2.24) is 25.5 Å². The van der Waals surface area contributed by atoms with Crippen LogP contribution in [0.1, 0.15) is 66.4 Å². The normalized spacial score (nSPS) is 17.6. The summed E-state index contributed by atoms with van der Waals surface area (Å²) in [6, 6.07) is 13.6. The molecule has 0 aliphatic heterocycles. The Balaban J connectivity index is 1.41. The zero-order valence-electron chi connectivity index (χ0n) is 17.2. The summed E-state index contributed by atoms with van der Waals surface area (Å²) < 4.78 is 0. The summed E-state index contributed by atoms with van der Waals surface area (Å²) in [5.41, 5.74) is 5.34. The molecule has 1 aliphatic rings. The van der Waals surface area contributed by atoms with Crippen LogP contribution in [0, 0.1) is 0 Å². The number of H-pyrrole nitrogens is 2. The number of hydrogen-bond acceptors (Lipinski definition) is 4. The van der Waals surface area contributed by atoms with Gasteiger partial charge in [-0.05, 0) is 50.3 Å². The summed E-state index contributed by atoms with van der Waals surface area (Å²) in [4.78, 5) is 32.6. The monoisotopic (exact) mass is 413 g/mol. The molecule has 3 N–H and O–H groups in total. The quantitative estimate of drug-likeness (QED) is 0.433. The fourth-order valence-electron chi connectivity index (χ4n) is 4.40. The molecule has 0 saturated heterocycles. The molecule has 0 radical (unpaired) electrons. The number of amides is 1. The number of nitrogens with one attached hydrogen (secondary N) is 3. The van der Waals surface area contributed by atoms with Crippen LogP contribution in [0.2, 0.25) is 0 Å². The van der Waals surface area contributed by atoms with E-state index in [1.807, 2.05) is 49.4 Å². The Morgan fingerprint density at radius 1 is 1.10 bits per heavy atom. The first kappa shape index (κ1) is 19.3. The summed E-state index contributed by atoms with van der Waals surface area (Å²) in [5.74, 6) is 2.30. The Bertz CT molecular complexity index is 1300. The van der Waals surface area contributed by atoms with E-state index in [2.05, 4.69) is 31.4 Å². The number of rotatable bonds is 4. The van der Waals surface area contributed by atoms with Crippen molar-refractivity contribution in [3.63, 3.8) is 0 Å². The van der Waals surface area contributed by atoms with E-state index in [4.69, 9.17) is 0 Å². The fraction of sp³-hybridized carbons (Fsp3) is 0.292. The molecule has 4 aromatic rings. The molecule has 1 unspecified atom stereocenters. The second kappa shape index (κ2) is 7.85. The lowest BCUT2D eigenvalue weighted by molar-refractivity contribution is 0.0930. The highest BCUT2D eigenvalue weighted by atomic mass is 16.2. The van der Waals surface area contributed by atoms with Crippen LogP contribution in [0.3, 0.4) is 0 Å². The molecule has 2 aromatic heterocycles. The van der Waals surface area contributed by atoms with Crippen molar-refractivity contribution < 1.29 is 9.59 Å². The maximum absolute atomic E-state index is 12.7. The van der Waals surface area contributed by atoms with Gasteiger partial charge in [-0.2, -0.15) is 0 Å². The number of aromatic nitrogens is 4. The molecule has 31 heavy (non-hydrogen) atoms. The number of carbonyl (C=O) groups excluding carboxylic acids is 2. The lowest BCUT2D eigenvalue weighted by Crippen LogP contribution is -2.27. The lowest BCUT2D eigenvalue weighted by atomic mass is 9.83. The molecule has 7 nitrogen and oxygen atoms in total. The molecule has 7 heteroatoms. The summed E-state index contributed by atoms with van der Waals surface area (Å²) in [6.45, 7) is 1.94. The first-order valence-electron chi connectivity index (χ1n) is 10.6. The van der Waals surface area contributed by atoms with E-state index >= 15 is 0 Å². The predicted molar refractivity (Wildman–Crippen MR) is 118 cm³/mol. The van der Waals surface area contributed by atoms with Crippen LogP contribution < -0.4 is 5.32 Å². The van der Waals surface area contributed by atoms with E-state index in [0.29, 0.717) is 17.0 Å². The number of fused-ring (bicyclic) bond motifs is 2. The van der Waals surface area contributed by atoms with Crippen molar-refractivity contribution in [3.05, 3.63) is 65.1 Å². The largest absolute Gasteiger partial charge is 0.343 e. The number of hydrogen-bond donors (Lipinski definition) is 3. The second-order valence-corrected chi connectivity index (χ2v) is 8.18. The average molecular weight is 413 g/mol. The Hall–Kier alpha value is -3.70. The van der Waals surface area contributed by atoms with Gasteiger partial charge < -0.3 is 15.5 Å². The van der Waals surface area contributed by atoms with E-state index in [1.54, 1.807) is 0 Å². The Kier molecular flexibility index (Phi) is 4.88. The van der Waals surface area contributed by atoms with Crippen molar-refractivity contribution in [2.24, 2.45) is 0 Å². The van der Waals surface area contributed by atoms with Crippen molar-refractivity contribution in [2.75, 3.05) is 0 Å². The van der Waals surface area contributed by atoms with Gasteiger partial charge in [0.15, 0.2) is 0 Å². The number of benzene rings is 2. The molecule has 156 valence electrons. The summed E-state index contributed by atoms with van der Waals surface area (Å²) >= 11 is 0. The third-order valence-electron chi connectivity index (χ3n) is 6.18. The minimum Gasteiger partial charge on any atom is -0.343 e. The van der Waals surface area contributed by atoms with Crippen molar-refractivity contribution >= 4 is 33.8 Å². The molecular formula is C24H23N5O2. The number of allylic oxidation sites excluding steroid dienone is 1. The SMILES string of the molecule is CC(NC(=O)c1nc2cc3[nH][nH]c(C4CCC(=C=O)CC4)c3cc2n1)c1ccccc1. The smallest absolute Gasteiger partial charge is 0.289 e. The molecule has 2 heterocycles. The number of aromatic amines is 2. The third-order valence-corrected chi connectivity index (χ3v) is 6.18. The molecule has 1 amide bonds. The van der Waals surface area contributed by atoms with Crippen LogP contribution >= 0.6 is 0 Å². The Labute approximate surface area is 179 Å². The van der Waals surface area contributed by atoms with Gasteiger partial charge in [0.25, 0.3) is 5.91 Å². The van der Waals surface area contributed by atoms with Crippen LogP contribution in [0.4, 0.5) is 0 Å². The minimum atomic E-state index is -0.288. The van der Waals surface area contributed by atoms with Crippen molar-refractivity contribution in [1.29, 1.82) is 0 Å². The van der Waals surface area contributed by atoms with Crippen LogP contribution in [0.5, 0.6) is 0 Å². The van der Waals surface area contributed by atoms with Gasteiger partial charge in [0.05, 0.1) is 22.6 Å². The zero-order chi connectivity index (χ0) is 21.4. The molecule has 1 aliphatic carbocycles. The third kappa shape index (κ3) is 3.64. The van der Waals surface area contributed by atoms with Crippen LogP contribution in [-0.4, -0.2) is 32.0 Å². The number of nitrogens with zero attached hydrogens (tertiary/aromatic N) is 2. The highest BCUT2D eigenvalue weighted by Crippen LogP contribution is 2.37. The number of imidazole rings is 1. The molecule has 1 fully saturated rings. The standard InChI is InChI=1S/C24H23N5O2/c1-14(16-5-3-2-4-6-16)25-24(31)23-26-20-11-18-19(12-21(20)27-23)28-29-22(18)17-9-7-15(13-30)8-10-17/h2-6,11-12,14,17,28-29H,7-10H2,1H3,(H,25,31). The molecular weight excluding hydrogens is 390 g/mol. The molecule has 0 spiro atoms. The van der Waals surface area contributed by atoms with E-state index in [9.17, 15) is 9.59 Å². The maximum Gasteiger partial charge on any atom is 0.289 e. The van der Waals surface area contributed by atoms with E-state index in [1.165, 1.54) is 0 Å². The molecule has 1 saturated carbocycles. The van der Waals surface area contributed by atoms with Crippen LogP contribution in [0.25, 0.3) is 21.9 Å². The topological polar surface area (TPSA) is 104 Å². The Morgan fingerprint density at radius 2 is 1.81 bits per heavy atom. The molecule has 5 rings (SSSR count). The lowest BCUT2D eigenvalue weighted by Gasteiger charge is -2.21. The summed E-state index contributed by atoms with van der Waals surface area (Å²) in [5, 5.41) is 10.5. The Morgan fingerprint density at radius 3 is 2.52 bits per heavy atom. The van der Waals surface area contributed by atoms with Gasteiger partial charge in [-0.25, -0.2) is 14.8 Å². The second-order valence-electron chi connectivity index (χ2n) is 8.18. The first-order valence-corrected chi connectivity index (χ1v) is 10.6. The van der Waals surface area contributed by atoms with Gasteiger partial charge in [-0.15, -0.1) is 0 Å². The predicted octanol–water partition coefficient (Wildman–Crippen LogP) is 4.35. The average Bonchev–Trinajstić information content (AvgIpc) is 3.41. The van der Waals surface area contributed by atoms with Crippen LogP contribution in [-0.2, 0) is 4.79 Å². The summed E-state index contributed by atoms with van der Waals surface area (Å²) in [6.07, 6.45) is 3.42. The van der Waals surface area contributed by atoms with Crippen molar-refractivity contribution in [2.45, 2.75) is 44.6 Å². The van der Waals surface area contributed by atoms with Gasteiger partial charge in [0.2, 0.25) is 5.82 Å². The highest BCUT2D eigenvalue weighted by Gasteiger charge is 2.23. The summed E-state index contributed by atoms with van der Waals surface area (Å²) in [7, 11) is 0. The van der Waals surface area contributed by atoms with E-state index < -0.39 is 0 Å². The highest BCUT2D eigenvalue weighted by molar-refractivity contribution is 5.99. The first-order chi connectivity index (χ1) is 15.1. The van der Waals surface area contributed by atoms with E-state index in [0.717, 1.165) is 53.4 Å².